The average molecular weight is 1310 g/mol. The third kappa shape index (κ3) is 64.6. The molecule has 0 aliphatic heterocycles. The number of phosphoric ester groups is 2. The lowest BCUT2D eigenvalue weighted by Gasteiger charge is -2.21. The maximum atomic E-state index is 13.0. The number of ether oxygens (including phenoxy) is 4. The number of hydrogen-bond acceptors (Lipinski definition) is 15. The highest BCUT2D eigenvalue weighted by atomic mass is 31.2. The second kappa shape index (κ2) is 61.0. The Balaban J connectivity index is 5.25. The summed E-state index contributed by atoms with van der Waals surface area (Å²) >= 11 is 0. The minimum absolute atomic E-state index is 0.104. The van der Waals surface area contributed by atoms with Gasteiger partial charge in [0.25, 0.3) is 0 Å². The number of carbonyl (C=O) groups is 4. The van der Waals surface area contributed by atoms with Gasteiger partial charge in [0.2, 0.25) is 0 Å². The molecule has 17 nitrogen and oxygen atoms in total. The van der Waals surface area contributed by atoms with E-state index < -0.39 is 97.5 Å². The zero-order chi connectivity index (χ0) is 65.9. The predicted octanol–water partition coefficient (Wildman–Crippen LogP) is 19.8. The smallest absolute Gasteiger partial charge is 0.462 e. The van der Waals surface area contributed by atoms with Crippen LogP contribution < -0.4 is 0 Å². The monoisotopic (exact) mass is 1310 g/mol. The van der Waals surface area contributed by atoms with Crippen molar-refractivity contribution in [2.75, 3.05) is 39.6 Å². The summed E-state index contributed by atoms with van der Waals surface area (Å²) in [7, 11) is -9.90. The summed E-state index contributed by atoms with van der Waals surface area (Å²) in [6.07, 6.45) is 44.4. The van der Waals surface area contributed by atoms with E-state index in [0.29, 0.717) is 25.7 Å². The first kappa shape index (κ1) is 87.1. The van der Waals surface area contributed by atoms with Crippen molar-refractivity contribution in [2.24, 2.45) is 17.8 Å². The normalized spacial score (nSPS) is 14.2. The topological polar surface area (TPSA) is 237 Å². The highest BCUT2D eigenvalue weighted by molar-refractivity contribution is 7.47. The number of carbonyl (C=O) groups excluding carboxylic acids is 4. The third-order valence-electron chi connectivity index (χ3n) is 16.1. The summed E-state index contributed by atoms with van der Waals surface area (Å²) < 4.78 is 68.3. The second-order valence-corrected chi connectivity index (χ2v) is 29.6. The molecule has 0 heterocycles. The summed E-state index contributed by atoms with van der Waals surface area (Å²) in [5.74, 6) is 0.127. The van der Waals surface area contributed by atoms with Crippen LogP contribution in [0, 0.1) is 17.8 Å². The molecule has 0 spiro atoms. The Labute approximate surface area is 543 Å². The van der Waals surface area contributed by atoms with Crippen molar-refractivity contribution >= 4 is 39.5 Å². The summed E-state index contributed by atoms with van der Waals surface area (Å²) in [5.41, 5.74) is 0. The number of hydrogen-bond donors (Lipinski definition) is 3. The standard InChI is InChI=1S/C70H136O17P2/c1-8-9-10-11-12-13-22-30-37-44-51-67(72)80-58-66(87-70(75)54-47-40-33-26-25-29-36-43-50-63(6)7)60-85-89(78,79)83-56-64(71)55-82-88(76,77)84-59-65(86-69(74)53-46-39-32-24-19-15-17-21-28-35-42-49-62(4)5)57-81-68(73)52-45-38-31-23-18-14-16-20-27-34-41-48-61(2)3/h61-66,71H,8-60H2,1-7H3,(H,76,77)(H,78,79)/t64-,65-,66-/m1/s1. The second-order valence-electron chi connectivity index (χ2n) is 26.7. The molecule has 0 bridgehead atoms. The molecule has 0 rings (SSSR count). The molecule has 5 atom stereocenters. The maximum Gasteiger partial charge on any atom is 0.472 e. The molecule has 0 aliphatic rings. The number of aliphatic hydroxyl groups excluding tert-OH is 1. The molecule has 0 saturated carbocycles. The molecule has 0 aromatic carbocycles. The van der Waals surface area contributed by atoms with Crippen LogP contribution in [-0.4, -0.2) is 96.7 Å². The molecule has 0 amide bonds. The summed E-state index contributed by atoms with van der Waals surface area (Å²) in [4.78, 5) is 72.5. The van der Waals surface area contributed by atoms with Gasteiger partial charge in [0.15, 0.2) is 12.2 Å². The van der Waals surface area contributed by atoms with E-state index >= 15 is 0 Å². The van der Waals surface area contributed by atoms with E-state index in [4.69, 9.17) is 37.0 Å². The number of esters is 4. The molecule has 0 radical (unpaired) electrons. The molecular weight excluding hydrogens is 1170 g/mol. The number of rotatable bonds is 68. The number of aliphatic hydroxyl groups is 1. The van der Waals surface area contributed by atoms with Crippen LogP contribution in [0.4, 0.5) is 0 Å². The lowest BCUT2D eigenvalue weighted by molar-refractivity contribution is -0.161. The molecular formula is C70H136O17P2. The Morgan fingerprint density at radius 3 is 0.764 bits per heavy atom. The first-order valence-corrected chi connectivity index (χ1v) is 39.3. The van der Waals surface area contributed by atoms with Gasteiger partial charge in [-0.05, 0) is 43.4 Å². The van der Waals surface area contributed by atoms with Crippen LogP contribution in [0.25, 0.3) is 0 Å². The maximum absolute atomic E-state index is 13.0. The van der Waals surface area contributed by atoms with Crippen molar-refractivity contribution in [2.45, 2.75) is 369 Å². The fourth-order valence-corrected chi connectivity index (χ4v) is 12.1. The molecule has 0 aliphatic carbocycles. The largest absolute Gasteiger partial charge is 0.472 e. The Bertz CT molecular complexity index is 1750. The average Bonchev–Trinajstić information content (AvgIpc) is 3.59. The molecule has 0 saturated heterocycles. The van der Waals surface area contributed by atoms with E-state index in [1.807, 2.05) is 0 Å². The lowest BCUT2D eigenvalue weighted by atomic mass is 10.0. The van der Waals surface area contributed by atoms with Crippen LogP contribution in [0.15, 0.2) is 0 Å². The van der Waals surface area contributed by atoms with Gasteiger partial charge in [-0.2, -0.15) is 0 Å². The molecule has 0 aromatic heterocycles. The summed E-state index contributed by atoms with van der Waals surface area (Å²) in [6, 6.07) is 0. The van der Waals surface area contributed by atoms with Gasteiger partial charge < -0.3 is 33.8 Å². The van der Waals surface area contributed by atoms with Crippen molar-refractivity contribution in [1.29, 1.82) is 0 Å². The zero-order valence-corrected chi connectivity index (χ0v) is 59.7. The first-order valence-electron chi connectivity index (χ1n) is 36.3. The van der Waals surface area contributed by atoms with Crippen LogP contribution in [0.1, 0.15) is 350 Å². The Morgan fingerprint density at radius 1 is 0.303 bits per heavy atom. The fourth-order valence-electron chi connectivity index (χ4n) is 10.5. The Morgan fingerprint density at radius 2 is 0.517 bits per heavy atom. The van der Waals surface area contributed by atoms with Crippen molar-refractivity contribution in [3.63, 3.8) is 0 Å². The number of unbranched alkanes of at least 4 members (excludes halogenated alkanes) is 36. The van der Waals surface area contributed by atoms with E-state index in [-0.39, 0.29) is 25.7 Å². The molecule has 528 valence electrons. The third-order valence-corrected chi connectivity index (χ3v) is 18.0. The number of phosphoric acid groups is 2. The van der Waals surface area contributed by atoms with Gasteiger partial charge >= 0.3 is 39.5 Å². The van der Waals surface area contributed by atoms with Crippen molar-refractivity contribution in [3.05, 3.63) is 0 Å². The quantitative estimate of drug-likeness (QED) is 0.0222. The van der Waals surface area contributed by atoms with Crippen molar-refractivity contribution in [1.82, 2.24) is 0 Å². The van der Waals surface area contributed by atoms with Gasteiger partial charge in [-0.1, -0.05) is 299 Å². The van der Waals surface area contributed by atoms with Gasteiger partial charge in [-0.3, -0.25) is 37.3 Å². The first-order chi connectivity index (χ1) is 42.7. The minimum atomic E-state index is -4.95. The van der Waals surface area contributed by atoms with Gasteiger partial charge in [-0.15, -0.1) is 0 Å². The molecule has 0 aromatic rings. The van der Waals surface area contributed by atoms with E-state index in [1.54, 1.807) is 0 Å². The van der Waals surface area contributed by atoms with Crippen LogP contribution >= 0.6 is 15.6 Å². The van der Waals surface area contributed by atoms with E-state index in [1.165, 1.54) is 161 Å². The fraction of sp³-hybridized carbons (Fsp3) is 0.943. The summed E-state index contributed by atoms with van der Waals surface area (Å²) in [5, 5.41) is 10.6. The van der Waals surface area contributed by atoms with Crippen LogP contribution in [-0.2, 0) is 65.4 Å². The molecule has 19 heteroatoms. The lowest BCUT2D eigenvalue weighted by Crippen LogP contribution is -2.30. The van der Waals surface area contributed by atoms with Crippen LogP contribution in [0.2, 0.25) is 0 Å². The Hall–Kier alpha value is -1.94. The molecule has 2 unspecified atom stereocenters. The molecule has 89 heavy (non-hydrogen) atoms. The van der Waals surface area contributed by atoms with Crippen LogP contribution in [0.5, 0.6) is 0 Å². The van der Waals surface area contributed by atoms with Crippen LogP contribution in [0.3, 0.4) is 0 Å². The minimum Gasteiger partial charge on any atom is -0.462 e. The van der Waals surface area contributed by atoms with E-state index in [0.717, 1.165) is 108 Å². The van der Waals surface area contributed by atoms with Gasteiger partial charge in [-0.25, -0.2) is 9.13 Å². The zero-order valence-electron chi connectivity index (χ0n) is 57.9. The van der Waals surface area contributed by atoms with Crippen molar-refractivity contribution in [3.8, 4) is 0 Å². The van der Waals surface area contributed by atoms with E-state index in [2.05, 4.69) is 48.5 Å². The molecule has 0 fully saturated rings. The molecule has 3 N–H and O–H groups in total. The highest BCUT2D eigenvalue weighted by Gasteiger charge is 2.30. The predicted molar refractivity (Wildman–Crippen MR) is 358 cm³/mol. The van der Waals surface area contributed by atoms with E-state index in [9.17, 15) is 43.2 Å². The SMILES string of the molecule is CCCCCCCCCCCCC(=O)OC[C@H](COP(=O)(O)OC[C@H](O)COP(=O)(O)OC[C@@H](COC(=O)CCCCCCCCCCCCCC(C)C)OC(=O)CCCCCCCCCCCCCC(C)C)OC(=O)CCCCCCCCCCC(C)C. The highest BCUT2D eigenvalue weighted by Crippen LogP contribution is 2.45. The summed E-state index contributed by atoms with van der Waals surface area (Å²) in [6.45, 7) is 11.8. The van der Waals surface area contributed by atoms with Gasteiger partial charge in [0.05, 0.1) is 26.4 Å². The van der Waals surface area contributed by atoms with Gasteiger partial charge in [0, 0.05) is 25.7 Å². The Kier molecular flexibility index (Phi) is 59.6. The van der Waals surface area contributed by atoms with Gasteiger partial charge in [0.1, 0.15) is 19.3 Å². The van der Waals surface area contributed by atoms with Crippen molar-refractivity contribution < 1.29 is 80.2 Å².